The van der Waals surface area contributed by atoms with Crippen molar-refractivity contribution >= 4 is 0 Å². The third kappa shape index (κ3) is 1.84. The van der Waals surface area contributed by atoms with Gasteiger partial charge in [-0.15, -0.1) is 13.2 Å². The lowest BCUT2D eigenvalue weighted by atomic mass is 9.86. The van der Waals surface area contributed by atoms with Gasteiger partial charge in [0.1, 0.15) is 5.60 Å². The van der Waals surface area contributed by atoms with Crippen LogP contribution in [-0.4, -0.2) is 5.11 Å². The molecule has 0 fully saturated rings. The molecule has 0 radical (unpaired) electrons. The highest BCUT2D eigenvalue weighted by atomic mass is 16.6. The summed E-state index contributed by atoms with van der Waals surface area (Å²) in [6.45, 7) is 9.23. The van der Waals surface area contributed by atoms with Crippen LogP contribution in [0.2, 0.25) is 0 Å². The molecule has 1 atom stereocenters. The van der Waals surface area contributed by atoms with Gasteiger partial charge in [-0.3, -0.25) is 0 Å². The predicted molar refractivity (Wildman–Crippen MR) is 68.4 cm³/mol. The van der Waals surface area contributed by atoms with E-state index in [2.05, 4.69) is 13.2 Å². The third-order valence-electron chi connectivity index (χ3n) is 3.26. The minimum atomic E-state index is -1.23. The second-order valence-electron chi connectivity index (χ2n) is 4.61. The van der Waals surface area contributed by atoms with E-state index in [1.54, 1.807) is 6.92 Å². The van der Waals surface area contributed by atoms with Crippen molar-refractivity contribution in [2.75, 3.05) is 0 Å². The Bertz CT molecular complexity index is 436. The molecule has 0 saturated carbocycles. The van der Waals surface area contributed by atoms with Crippen LogP contribution in [0.5, 0.6) is 0 Å². The summed E-state index contributed by atoms with van der Waals surface area (Å²) in [6, 6.07) is 7.78. The topological polar surface area (TPSA) is 29.5 Å². The molecule has 1 heterocycles. The molecule has 1 aromatic rings. The molecule has 2 rings (SSSR count). The second-order valence-corrected chi connectivity index (χ2v) is 4.61. The Morgan fingerprint density at radius 2 is 1.71 bits per heavy atom. The summed E-state index contributed by atoms with van der Waals surface area (Å²) in [4.78, 5) is 0. The number of hydrogen-bond donors (Lipinski definition) is 1. The van der Waals surface area contributed by atoms with Crippen LogP contribution in [0.25, 0.3) is 0 Å². The lowest BCUT2D eigenvalue weighted by Gasteiger charge is -2.30. The number of benzene rings is 1. The van der Waals surface area contributed by atoms with Gasteiger partial charge in [-0.25, -0.2) is 0 Å². The SMILES string of the molecule is C=CCC1(CC=C)OC(C)(O)c2ccccc21. The first kappa shape index (κ1) is 12.1. The molecule has 1 unspecified atom stereocenters. The van der Waals surface area contributed by atoms with E-state index in [-0.39, 0.29) is 0 Å². The predicted octanol–water partition coefficient (Wildman–Crippen LogP) is 3.23. The molecule has 17 heavy (non-hydrogen) atoms. The normalized spacial score (nSPS) is 25.3. The van der Waals surface area contributed by atoms with Gasteiger partial charge in [0.05, 0.1) is 0 Å². The fourth-order valence-electron chi connectivity index (χ4n) is 2.63. The van der Waals surface area contributed by atoms with Gasteiger partial charge in [-0.2, -0.15) is 0 Å². The van der Waals surface area contributed by atoms with Crippen molar-refractivity contribution in [3.05, 3.63) is 60.7 Å². The van der Waals surface area contributed by atoms with Crippen LogP contribution in [0.15, 0.2) is 49.6 Å². The van der Waals surface area contributed by atoms with E-state index < -0.39 is 11.4 Å². The highest BCUT2D eigenvalue weighted by Gasteiger charge is 2.48. The number of aliphatic hydroxyl groups is 1. The van der Waals surface area contributed by atoms with Gasteiger partial charge in [-0.1, -0.05) is 36.4 Å². The van der Waals surface area contributed by atoms with E-state index in [1.165, 1.54) is 0 Å². The molecule has 1 aliphatic heterocycles. The molecule has 0 bridgehead atoms. The molecule has 0 aliphatic carbocycles. The molecule has 1 N–H and O–H groups in total. The van der Waals surface area contributed by atoms with Gasteiger partial charge < -0.3 is 9.84 Å². The van der Waals surface area contributed by atoms with Crippen molar-refractivity contribution in [1.29, 1.82) is 0 Å². The van der Waals surface area contributed by atoms with Crippen LogP contribution in [-0.2, 0) is 16.1 Å². The first-order valence-electron chi connectivity index (χ1n) is 5.80. The standard InChI is InChI=1S/C15H18O2/c1-4-10-15(11-5-2)13-9-7-6-8-12(13)14(3,16)17-15/h4-9,16H,1-2,10-11H2,3H3. The van der Waals surface area contributed by atoms with Crippen LogP contribution in [0.1, 0.15) is 30.9 Å². The minimum Gasteiger partial charge on any atom is -0.362 e. The first-order valence-corrected chi connectivity index (χ1v) is 5.80. The highest BCUT2D eigenvalue weighted by molar-refractivity contribution is 5.40. The molecule has 0 saturated heterocycles. The molecular weight excluding hydrogens is 212 g/mol. The van der Waals surface area contributed by atoms with E-state index in [4.69, 9.17) is 4.74 Å². The van der Waals surface area contributed by atoms with Crippen molar-refractivity contribution in [1.82, 2.24) is 0 Å². The minimum absolute atomic E-state index is 0.524. The summed E-state index contributed by atoms with van der Waals surface area (Å²) >= 11 is 0. The Kier molecular flexibility index (Phi) is 2.94. The highest BCUT2D eigenvalue weighted by Crippen LogP contribution is 2.49. The van der Waals surface area contributed by atoms with Crippen molar-refractivity contribution in [2.24, 2.45) is 0 Å². The summed E-state index contributed by atoms with van der Waals surface area (Å²) in [5.41, 5.74) is 1.34. The molecule has 0 spiro atoms. The zero-order valence-electron chi connectivity index (χ0n) is 10.1. The zero-order chi connectivity index (χ0) is 12.5. The molecular formula is C15H18O2. The van der Waals surface area contributed by atoms with E-state index in [9.17, 15) is 5.11 Å². The maximum absolute atomic E-state index is 10.3. The van der Waals surface area contributed by atoms with E-state index >= 15 is 0 Å². The van der Waals surface area contributed by atoms with Gasteiger partial charge in [0.25, 0.3) is 0 Å². The monoisotopic (exact) mass is 230 g/mol. The summed E-state index contributed by atoms with van der Waals surface area (Å²) in [5, 5.41) is 10.3. The average Bonchev–Trinajstić information content (AvgIpc) is 2.50. The van der Waals surface area contributed by atoms with Crippen LogP contribution in [0.4, 0.5) is 0 Å². The maximum Gasteiger partial charge on any atom is 0.190 e. The number of rotatable bonds is 4. The fraction of sp³-hybridized carbons (Fsp3) is 0.333. The van der Waals surface area contributed by atoms with Crippen LogP contribution in [0, 0.1) is 0 Å². The van der Waals surface area contributed by atoms with Gasteiger partial charge in [0, 0.05) is 5.56 Å². The Morgan fingerprint density at radius 1 is 1.18 bits per heavy atom. The Morgan fingerprint density at radius 3 is 2.24 bits per heavy atom. The van der Waals surface area contributed by atoms with E-state index in [0.29, 0.717) is 12.8 Å². The smallest absolute Gasteiger partial charge is 0.190 e. The lowest BCUT2D eigenvalue weighted by Crippen LogP contribution is -2.29. The average molecular weight is 230 g/mol. The summed E-state index contributed by atoms with van der Waals surface area (Å²) in [7, 11) is 0. The van der Waals surface area contributed by atoms with Crippen LogP contribution in [0.3, 0.4) is 0 Å². The Hall–Kier alpha value is -1.38. The van der Waals surface area contributed by atoms with Crippen molar-refractivity contribution in [3.8, 4) is 0 Å². The first-order chi connectivity index (χ1) is 8.06. The molecule has 2 heteroatoms. The quantitative estimate of drug-likeness (QED) is 0.805. The third-order valence-corrected chi connectivity index (χ3v) is 3.26. The molecule has 90 valence electrons. The van der Waals surface area contributed by atoms with Gasteiger partial charge >= 0.3 is 0 Å². The second kappa shape index (κ2) is 4.13. The summed E-state index contributed by atoms with van der Waals surface area (Å²) in [6.07, 6.45) is 4.96. The van der Waals surface area contributed by atoms with E-state index in [1.807, 2.05) is 36.4 Å². The van der Waals surface area contributed by atoms with Crippen molar-refractivity contribution < 1.29 is 9.84 Å². The van der Waals surface area contributed by atoms with Gasteiger partial charge in [0.2, 0.25) is 0 Å². The Balaban J connectivity index is 2.57. The number of fused-ring (bicyclic) bond motifs is 1. The molecule has 1 aromatic carbocycles. The molecule has 1 aliphatic rings. The molecule has 2 nitrogen and oxygen atoms in total. The summed E-state index contributed by atoms with van der Waals surface area (Å²) < 4.78 is 5.90. The fourth-order valence-corrected chi connectivity index (χ4v) is 2.63. The zero-order valence-corrected chi connectivity index (χ0v) is 10.1. The lowest BCUT2D eigenvalue weighted by molar-refractivity contribution is -0.246. The molecule has 0 amide bonds. The van der Waals surface area contributed by atoms with Gasteiger partial charge in [-0.05, 0) is 25.3 Å². The van der Waals surface area contributed by atoms with Crippen LogP contribution < -0.4 is 0 Å². The van der Waals surface area contributed by atoms with Crippen LogP contribution >= 0.6 is 0 Å². The molecule has 0 aromatic heterocycles. The maximum atomic E-state index is 10.3. The number of ether oxygens (including phenoxy) is 1. The van der Waals surface area contributed by atoms with E-state index in [0.717, 1.165) is 11.1 Å². The number of hydrogen-bond acceptors (Lipinski definition) is 2. The van der Waals surface area contributed by atoms with Crippen molar-refractivity contribution in [2.45, 2.75) is 31.2 Å². The Labute approximate surface area is 102 Å². The van der Waals surface area contributed by atoms with Gasteiger partial charge in [0.15, 0.2) is 5.79 Å². The largest absolute Gasteiger partial charge is 0.362 e. The summed E-state index contributed by atoms with van der Waals surface area (Å²) in [5.74, 6) is -1.23. The van der Waals surface area contributed by atoms with Crippen molar-refractivity contribution in [3.63, 3.8) is 0 Å².